The molecule has 1 amide bonds. The van der Waals surface area contributed by atoms with E-state index in [-0.39, 0.29) is 22.9 Å². The van der Waals surface area contributed by atoms with Gasteiger partial charge in [-0.1, -0.05) is 6.58 Å². The van der Waals surface area contributed by atoms with Crippen LogP contribution in [0.5, 0.6) is 0 Å². The van der Waals surface area contributed by atoms with Crippen molar-refractivity contribution in [3.63, 3.8) is 0 Å². The van der Waals surface area contributed by atoms with Gasteiger partial charge in [-0.15, -0.1) is 0 Å². The van der Waals surface area contributed by atoms with Gasteiger partial charge in [0.05, 0.1) is 36.5 Å². The standard InChI is InChI=1S/C28H29FN8O2/c1-2-22(38)36-16-28(17-36)7-8-35(15-28)26-20(13-30)24(32-27(33-26)34-9-11-39-12-10-34)23-21(29)6-3-18-14-31-37(25(18)23)19-4-5-19/h2-3,6,14,19H,1,4-5,7-12,15-17H2. The van der Waals surface area contributed by atoms with E-state index in [9.17, 15) is 10.1 Å². The molecule has 7 rings (SSSR count). The van der Waals surface area contributed by atoms with E-state index in [1.807, 2.05) is 9.58 Å². The summed E-state index contributed by atoms with van der Waals surface area (Å²) in [6, 6.07) is 5.72. The number of likely N-dealkylation sites (tertiary alicyclic amines) is 1. The quantitative estimate of drug-likeness (QED) is 0.466. The summed E-state index contributed by atoms with van der Waals surface area (Å²) in [5.41, 5.74) is 1.48. The molecule has 0 radical (unpaired) electrons. The normalized spacial score (nSPS) is 20.4. The van der Waals surface area contributed by atoms with Gasteiger partial charge in [-0.05, 0) is 37.5 Å². The number of rotatable bonds is 5. The van der Waals surface area contributed by atoms with Crippen LogP contribution in [0.4, 0.5) is 16.2 Å². The van der Waals surface area contributed by atoms with Crippen LogP contribution in [0.2, 0.25) is 0 Å². The third-order valence-corrected chi connectivity index (χ3v) is 8.40. The van der Waals surface area contributed by atoms with Crippen molar-refractivity contribution in [1.29, 1.82) is 5.26 Å². The van der Waals surface area contributed by atoms with E-state index in [2.05, 4.69) is 22.6 Å². The number of nitrogens with zero attached hydrogens (tertiary/aromatic N) is 8. The highest BCUT2D eigenvalue weighted by Gasteiger charge is 2.49. The summed E-state index contributed by atoms with van der Waals surface area (Å²) in [7, 11) is 0. The molecular weight excluding hydrogens is 499 g/mol. The van der Waals surface area contributed by atoms with Crippen LogP contribution in [0.15, 0.2) is 31.0 Å². The highest BCUT2D eigenvalue weighted by atomic mass is 19.1. The Hall–Kier alpha value is -4.04. The van der Waals surface area contributed by atoms with Gasteiger partial charge in [0, 0.05) is 50.1 Å². The number of hydrogen-bond donors (Lipinski definition) is 0. The minimum Gasteiger partial charge on any atom is -0.378 e. The molecule has 1 aliphatic carbocycles. The van der Waals surface area contributed by atoms with Crippen molar-refractivity contribution in [2.45, 2.75) is 25.3 Å². The minimum atomic E-state index is -0.436. The fourth-order valence-electron chi connectivity index (χ4n) is 6.21. The van der Waals surface area contributed by atoms with Gasteiger partial charge in [0.15, 0.2) is 5.82 Å². The molecule has 39 heavy (non-hydrogen) atoms. The summed E-state index contributed by atoms with van der Waals surface area (Å²) in [5.74, 6) is 0.485. The van der Waals surface area contributed by atoms with Gasteiger partial charge >= 0.3 is 0 Å². The minimum absolute atomic E-state index is 0.0501. The SMILES string of the molecule is C=CC(=O)N1CC2(CCN(c3nc(N4CCOCC4)nc(-c4c(F)ccc5cnn(C6CC6)c45)c3C#N)C2)C1. The van der Waals surface area contributed by atoms with Crippen molar-refractivity contribution in [3.8, 4) is 17.3 Å². The lowest BCUT2D eigenvalue weighted by Gasteiger charge is -2.47. The summed E-state index contributed by atoms with van der Waals surface area (Å²) in [6.45, 7) is 8.57. The van der Waals surface area contributed by atoms with Crippen molar-refractivity contribution >= 4 is 28.6 Å². The molecule has 1 spiro atoms. The molecule has 5 heterocycles. The van der Waals surface area contributed by atoms with Gasteiger partial charge < -0.3 is 19.4 Å². The zero-order valence-electron chi connectivity index (χ0n) is 21.6. The largest absolute Gasteiger partial charge is 0.378 e. The van der Waals surface area contributed by atoms with Crippen molar-refractivity contribution in [1.82, 2.24) is 24.6 Å². The maximum Gasteiger partial charge on any atom is 0.245 e. The molecule has 1 aromatic carbocycles. The first-order chi connectivity index (χ1) is 19.0. The lowest BCUT2D eigenvalue weighted by atomic mass is 9.79. The molecule has 3 aliphatic heterocycles. The third kappa shape index (κ3) is 3.93. The fourth-order valence-corrected chi connectivity index (χ4v) is 6.21. The van der Waals surface area contributed by atoms with Crippen molar-refractivity contribution in [3.05, 3.63) is 42.4 Å². The lowest BCUT2D eigenvalue weighted by molar-refractivity contribution is -0.136. The van der Waals surface area contributed by atoms with Gasteiger partial charge in [0.2, 0.25) is 11.9 Å². The zero-order chi connectivity index (χ0) is 26.7. The summed E-state index contributed by atoms with van der Waals surface area (Å²) in [5, 5.41) is 15.9. The van der Waals surface area contributed by atoms with Crippen LogP contribution in [-0.4, -0.2) is 83.0 Å². The van der Waals surface area contributed by atoms with Crippen LogP contribution < -0.4 is 9.80 Å². The number of amides is 1. The van der Waals surface area contributed by atoms with E-state index in [0.717, 1.165) is 24.6 Å². The predicted molar refractivity (Wildman–Crippen MR) is 143 cm³/mol. The van der Waals surface area contributed by atoms with Gasteiger partial charge in [0.25, 0.3) is 0 Å². The average molecular weight is 529 g/mol. The maximum absolute atomic E-state index is 15.8. The van der Waals surface area contributed by atoms with Crippen molar-refractivity contribution < 1.29 is 13.9 Å². The second-order valence-corrected chi connectivity index (χ2v) is 11.0. The van der Waals surface area contributed by atoms with E-state index in [1.165, 1.54) is 12.1 Å². The average Bonchev–Trinajstić information content (AvgIpc) is 3.54. The molecule has 4 fully saturated rings. The van der Waals surface area contributed by atoms with Crippen molar-refractivity contribution in [2.24, 2.45) is 5.41 Å². The number of ether oxygens (including phenoxy) is 1. The fraction of sp³-hybridized carbons (Fsp3) is 0.464. The number of benzene rings is 1. The number of halogens is 1. The van der Waals surface area contributed by atoms with Crippen LogP contribution in [0.1, 0.15) is 30.9 Å². The first-order valence-corrected chi connectivity index (χ1v) is 13.5. The van der Waals surface area contributed by atoms with Crippen LogP contribution in [0.25, 0.3) is 22.2 Å². The van der Waals surface area contributed by atoms with E-state index in [0.29, 0.717) is 81.0 Å². The second kappa shape index (κ2) is 9.02. The molecule has 10 nitrogen and oxygen atoms in total. The number of nitriles is 1. The summed E-state index contributed by atoms with van der Waals surface area (Å²) < 4.78 is 23.2. The molecule has 11 heteroatoms. The van der Waals surface area contributed by atoms with Gasteiger partial charge in [-0.2, -0.15) is 15.3 Å². The third-order valence-electron chi connectivity index (χ3n) is 8.40. The summed E-state index contributed by atoms with van der Waals surface area (Å²) >= 11 is 0. The van der Waals surface area contributed by atoms with E-state index in [1.54, 1.807) is 17.2 Å². The number of hydrogen-bond acceptors (Lipinski definition) is 8. The Labute approximate surface area is 225 Å². The number of fused-ring (bicyclic) bond motifs is 1. The summed E-state index contributed by atoms with van der Waals surface area (Å²) in [4.78, 5) is 27.8. The Morgan fingerprint density at radius 1 is 1.15 bits per heavy atom. The molecule has 0 bridgehead atoms. The second-order valence-electron chi connectivity index (χ2n) is 11.0. The molecule has 200 valence electrons. The van der Waals surface area contributed by atoms with E-state index < -0.39 is 5.82 Å². The van der Waals surface area contributed by atoms with Crippen LogP contribution in [-0.2, 0) is 9.53 Å². The summed E-state index contributed by atoms with van der Waals surface area (Å²) in [6.07, 6.45) is 5.97. The topological polar surface area (TPSA) is 103 Å². The lowest BCUT2D eigenvalue weighted by Crippen LogP contribution is -2.59. The predicted octanol–water partition coefficient (Wildman–Crippen LogP) is 2.90. The molecule has 4 aliphatic rings. The molecular formula is C28H29FN8O2. The van der Waals surface area contributed by atoms with Gasteiger partial charge in [-0.25, -0.2) is 9.37 Å². The molecule has 0 N–H and O–H groups in total. The highest BCUT2D eigenvalue weighted by Crippen LogP contribution is 2.45. The zero-order valence-corrected chi connectivity index (χ0v) is 21.6. The number of carbonyl (C=O) groups is 1. The highest BCUT2D eigenvalue weighted by molar-refractivity contribution is 5.96. The Morgan fingerprint density at radius 2 is 1.95 bits per heavy atom. The van der Waals surface area contributed by atoms with Crippen LogP contribution in [0, 0.1) is 22.6 Å². The number of aromatic nitrogens is 4. The first-order valence-electron chi connectivity index (χ1n) is 13.5. The number of anilines is 2. The Morgan fingerprint density at radius 3 is 2.67 bits per heavy atom. The Bertz CT molecular complexity index is 1530. The van der Waals surface area contributed by atoms with E-state index in [4.69, 9.17) is 14.7 Å². The Balaban J connectivity index is 1.36. The van der Waals surface area contributed by atoms with Crippen LogP contribution >= 0.6 is 0 Å². The van der Waals surface area contributed by atoms with E-state index >= 15 is 4.39 Å². The molecule has 2 aromatic heterocycles. The Kier molecular flexibility index (Phi) is 5.56. The molecule has 0 unspecified atom stereocenters. The molecule has 3 aromatic rings. The first kappa shape index (κ1) is 24.0. The molecule has 1 saturated carbocycles. The smallest absolute Gasteiger partial charge is 0.245 e. The molecule has 3 saturated heterocycles. The number of carbonyl (C=O) groups excluding carboxylic acids is 1. The molecule has 0 atom stereocenters. The van der Waals surface area contributed by atoms with Crippen LogP contribution in [0.3, 0.4) is 0 Å². The van der Waals surface area contributed by atoms with Crippen molar-refractivity contribution in [2.75, 3.05) is 62.3 Å². The van der Waals surface area contributed by atoms with Gasteiger partial charge in [-0.3, -0.25) is 9.48 Å². The monoisotopic (exact) mass is 528 g/mol. The maximum atomic E-state index is 15.8. The number of morpholine rings is 1. The van der Waals surface area contributed by atoms with Gasteiger partial charge in [0.1, 0.15) is 23.1 Å².